The number of benzene rings is 2. The fourth-order valence-electron chi connectivity index (χ4n) is 3.71. The molecule has 0 fully saturated rings. The van der Waals surface area contributed by atoms with Crippen molar-refractivity contribution >= 4 is 21.6 Å². The number of halogens is 1. The Kier molecular flexibility index (Phi) is 5.28. The van der Waals surface area contributed by atoms with Crippen LogP contribution in [0.25, 0.3) is 0 Å². The number of rotatable bonds is 3. The third-order valence-electron chi connectivity index (χ3n) is 5.10. The fourth-order valence-corrected chi connectivity index (χ4v) is 6.03. The Morgan fingerprint density at radius 2 is 1.56 bits per heavy atom. The predicted molar refractivity (Wildman–Crippen MR) is 111 cm³/mol. The third-order valence-corrected chi connectivity index (χ3v) is 7.36. The maximum Gasteiger partial charge on any atom is 0.244 e. The van der Waals surface area contributed by atoms with Gasteiger partial charge in [0.25, 0.3) is 0 Å². The van der Waals surface area contributed by atoms with Crippen molar-refractivity contribution in [1.82, 2.24) is 4.31 Å². The number of sulfonamides is 1. The number of hydrogen-bond donors (Lipinski definition) is 0. The van der Waals surface area contributed by atoms with E-state index in [0.29, 0.717) is 9.92 Å². The Morgan fingerprint density at radius 1 is 0.963 bits per heavy atom. The minimum Gasteiger partial charge on any atom is -0.207 e. The summed E-state index contributed by atoms with van der Waals surface area (Å²) in [6.45, 7) is 10.1. The van der Waals surface area contributed by atoms with Crippen molar-refractivity contribution < 1.29 is 8.42 Å². The van der Waals surface area contributed by atoms with Crippen LogP contribution in [0.3, 0.4) is 0 Å². The molecule has 3 nitrogen and oxygen atoms in total. The van der Waals surface area contributed by atoms with Crippen LogP contribution in [0.1, 0.15) is 44.9 Å². The van der Waals surface area contributed by atoms with Gasteiger partial charge in [0.2, 0.25) is 10.0 Å². The van der Waals surface area contributed by atoms with E-state index in [2.05, 4.69) is 26.8 Å². The number of aryl methyl sites for hydroxylation is 1. The molecule has 144 valence electrons. The second-order valence-corrected chi connectivity index (χ2v) is 10.5. The van der Waals surface area contributed by atoms with Gasteiger partial charge < -0.3 is 0 Å². The zero-order valence-corrected chi connectivity index (χ0v) is 18.0. The van der Waals surface area contributed by atoms with Gasteiger partial charge in [-0.2, -0.15) is 4.31 Å². The molecule has 0 amide bonds. The highest BCUT2D eigenvalue weighted by Gasteiger charge is 2.46. The van der Waals surface area contributed by atoms with Gasteiger partial charge in [-0.15, -0.1) is 0 Å². The van der Waals surface area contributed by atoms with Crippen molar-refractivity contribution in [3.05, 3.63) is 76.3 Å². The van der Waals surface area contributed by atoms with Crippen molar-refractivity contribution in [2.24, 2.45) is 5.41 Å². The van der Waals surface area contributed by atoms with E-state index in [1.165, 1.54) is 0 Å². The first kappa shape index (κ1) is 20.1. The van der Waals surface area contributed by atoms with Gasteiger partial charge in [-0.05, 0) is 48.6 Å². The molecule has 1 heterocycles. The fraction of sp³-hybridized carbons (Fsp3) is 0.364. The van der Waals surface area contributed by atoms with Crippen LogP contribution >= 0.6 is 11.6 Å². The molecular formula is C22H26ClNO2S. The molecule has 27 heavy (non-hydrogen) atoms. The zero-order chi connectivity index (χ0) is 20.0. The summed E-state index contributed by atoms with van der Waals surface area (Å²) >= 11 is 6.05. The van der Waals surface area contributed by atoms with Crippen LogP contribution in [0.5, 0.6) is 0 Å². The van der Waals surface area contributed by atoms with Crippen LogP contribution < -0.4 is 0 Å². The highest BCUT2D eigenvalue weighted by atomic mass is 35.5. The molecule has 0 aromatic heterocycles. The summed E-state index contributed by atoms with van der Waals surface area (Å²) in [5.41, 5.74) is 2.48. The molecule has 1 aliphatic heterocycles. The van der Waals surface area contributed by atoms with Crippen molar-refractivity contribution in [2.45, 2.75) is 51.6 Å². The molecule has 0 saturated carbocycles. The lowest BCUT2D eigenvalue weighted by Crippen LogP contribution is -2.45. The van der Waals surface area contributed by atoms with Gasteiger partial charge in [-0.25, -0.2) is 8.42 Å². The molecule has 0 radical (unpaired) electrons. The highest BCUT2D eigenvalue weighted by Crippen LogP contribution is 2.46. The summed E-state index contributed by atoms with van der Waals surface area (Å²) in [5, 5.41) is 0.638. The van der Waals surface area contributed by atoms with Gasteiger partial charge in [-0.3, -0.25) is 0 Å². The van der Waals surface area contributed by atoms with Crippen molar-refractivity contribution in [3.8, 4) is 0 Å². The minimum absolute atomic E-state index is 0.234. The van der Waals surface area contributed by atoms with Crippen molar-refractivity contribution in [1.29, 1.82) is 0 Å². The van der Waals surface area contributed by atoms with Crippen LogP contribution in [0.4, 0.5) is 0 Å². The normalized spacial score (nSPS) is 21.3. The first-order valence-electron chi connectivity index (χ1n) is 9.06. The van der Waals surface area contributed by atoms with E-state index in [1.54, 1.807) is 16.4 Å². The summed E-state index contributed by atoms with van der Waals surface area (Å²) in [7, 11) is -3.69. The van der Waals surface area contributed by atoms with Gasteiger partial charge in [0, 0.05) is 11.1 Å². The molecule has 0 bridgehead atoms. The van der Waals surface area contributed by atoms with Crippen LogP contribution in [-0.2, 0) is 10.0 Å². The van der Waals surface area contributed by atoms with E-state index in [4.69, 9.17) is 11.6 Å². The van der Waals surface area contributed by atoms with Crippen LogP contribution in [0.15, 0.2) is 65.1 Å². The Morgan fingerprint density at radius 3 is 2.11 bits per heavy atom. The Bertz CT molecular complexity index is 972. The van der Waals surface area contributed by atoms with Crippen molar-refractivity contribution in [2.75, 3.05) is 0 Å². The largest absolute Gasteiger partial charge is 0.244 e. The minimum atomic E-state index is -3.69. The highest BCUT2D eigenvalue weighted by molar-refractivity contribution is 7.89. The lowest BCUT2D eigenvalue weighted by Gasteiger charge is -2.37. The molecule has 2 aromatic carbocycles. The summed E-state index contributed by atoms with van der Waals surface area (Å²) in [6.07, 6.45) is 2.09. The second-order valence-electron chi connectivity index (χ2n) is 8.28. The summed E-state index contributed by atoms with van der Waals surface area (Å²) in [5.74, 6) is 0. The summed E-state index contributed by atoms with van der Waals surface area (Å²) in [4.78, 5) is 0.362. The quantitative estimate of drug-likeness (QED) is 0.611. The maximum atomic E-state index is 13.8. The molecule has 0 N–H and O–H groups in total. The van der Waals surface area contributed by atoms with E-state index >= 15 is 0 Å². The standard InChI is InChI=1S/C22H26ClNO2S/c1-15-8-6-7-9-19(15)27(25,26)24-20(22(3,4)5)14-16(2)21(24)17-10-12-18(23)13-11-17/h6-14,20-21H,1-5H3. The molecule has 5 heteroatoms. The second kappa shape index (κ2) is 7.08. The van der Waals surface area contributed by atoms with E-state index < -0.39 is 10.0 Å². The monoisotopic (exact) mass is 403 g/mol. The SMILES string of the molecule is CC1=CC(C(C)(C)C)N(S(=O)(=O)c2ccccc2C)C1c1ccc(Cl)cc1. The van der Waals surface area contributed by atoms with E-state index in [9.17, 15) is 8.42 Å². The van der Waals surface area contributed by atoms with Crippen LogP contribution in [-0.4, -0.2) is 18.8 Å². The van der Waals surface area contributed by atoms with Gasteiger partial charge in [0.15, 0.2) is 0 Å². The molecule has 2 aromatic rings. The first-order chi connectivity index (χ1) is 12.5. The van der Waals surface area contributed by atoms with E-state index in [-0.39, 0.29) is 17.5 Å². The van der Waals surface area contributed by atoms with Gasteiger partial charge in [-0.1, -0.05) is 74.4 Å². The molecule has 2 atom stereocenters. The molecule has 0 saturated heterocycles. The molecule has 0 spiro atoms. The number of hydrogen-bond acceptors (Lipinski definition) is 2. The van der Waals surface area contributed by atoms with Crippen LogP contribution in [0.2, 0.25) is 5.02 Å². The summed E-state index contributed by atoms with van der Waals surface area (Å²) in [6, 6.07) is 14.0. The Hall–Kier alpha value is -1.62. The predicted octanol–water partition coefficient (Wildman–Crippen LogP) is 5.76. The first-order valence-corrected chi connectivity index (χ1v) is 10.9. The van der Waals surface area contributed by atoms with Crippen LogP contribution in [0, 0.1) is 12.3 Å². The smallest absolute Gasteiger partial charge is 0.207 e. The zero-order valence-electron chi connectivity index (χ0n) is 16.4. The van der Waals surface area contributed by atoms with Crippen molar-refractivity contribution in [3.63, 3.8) is 0 Å². The number of nitrogens with zero attached hydrogens (tertiary/aromatic N) is 1. The maximum absolute atomic E-state index is 13.8. The molecular weight excluding hydrogens is 378 g/mol. The molecule has 2 unspecified atom stereocenters. The van der Waals surface area contributed by atoms with E-state index in [1.807, 2.05) is 50.2 Å². The molecule has 3 rings (SSSR count). The average molecular weight is 404 g/mol. The van der Waals surface area contributed by atoms with Gasteiger partial charge in [0.05, 0.1) is 10.9 Å². The van der Waals surface area contributed by atoms with Gasteiger partial charge >= 0.3 is 0 Å². The Labute approximate surface area is 167 Å². The van der Waals surface area contributed by atoms with E-state index in [0.717, 1.165) is 16.7 Å². The lowest BCUT2D eigenvalue weighted by molar-refractivity contribution is 0.211. The summed E-state index contributed by atoms with van der Waals surface area (Å²) < 4.78 is 29.2. The molecule has 0 aliphatic carbocycles. The lowest BCUT2D eigenvalue weighted by atomic mass is 9.87. The average Bonchev–Trinajstić information content (AvgIpc) is 2.94. The molecule has 1 aliphatic rings. The van der Waals surface area contributed by atoms with Gasteiger partial charge in [0.1, 0.15) is 0 Å². The Balaban J connectivity index is 2.20. The third kappa shape index (κ3) is 3.71. The topological polar surface area (TPSA) is 37.4 Å².